The van der Waals surface area contributed by atoms with Gasteiger partial charge in [-0.25, -0.2) is 8.78 Å². The molecule has 1 amide bonds. The average Bonchev–Trinajstić information content (AvgIpc) is 2.02. The number of carbonyl (C=O) groups is 1. The quantitative estimate of drug-likeness (QED) is 0.673. The molecule has 0 aliphatic rings. The predicted molar refractivity (Wildman–Crippen MR) is 55.9 cm³/mol. The largest absolute Gasteiger partial charge is 0.356 e. The Balaban J connectivity index is 3.26. The van der Waals surface area contributed by atoms with Crippen LogP contribution in [0.4, 0.5) is 8.78 Å². The minimum Gasteiger partial charge on any atom is -0.356 e. The minimum atomic E-state index is -2.58. The summed E-state index contributed by atoms with van der Waals surface area (Å²) < 4.78 is 24.7. The molecule has 0 spiro atoms. The number of nitrogens with one attached hydrogen (secondary N) is 1. The number of rotatable bonds is 7. The lowest BCUT2D eigenvalue weighted by Gasteiger charge is -2.08. The van der Waals surface area contributed by atoms with E-state index in [1.54, 1.807) is 0 Å². The van der Waals surface area contributed by atoms with Crippen molar-refractivity contribution in [3.8, 4) is 0 Å². The molecule has 5 heteroatoms. The van der Waals surface area contributed by atoms with Gasteiger partial charge in [0, 0.05) is 25.1 Å². The fourth-order valence-electron chi connectivity index (χ4n) is 0.804. The Morgan fingerprint density at radius 1 is 1.43 bits per heavy atom. The summed E-state index contributed by atoms with van der Waals surface area (Å²) in [5.74, 6) is -1.58. The first-order valence-corrected chi connectivity index (χ1v) is 5.83. The molecule has 0 atom stereocenters. The van der Waals surface area contributed by atoms with Gasteiger partial charge in [0.05, 0.1) is 0 Å². The Morgan fingerprint density at radius 3 is 2.57 bits per heavy atom. The number of carbonyl (C=O) groups excluding carboxylic acids is 1. The molecule has 14 heavy (non-hydrogen) atoms. The Bertz CT molecular complexity index is 171. The summed E-state index contributed by atoms with van der Waals surface area (Å²) in [7, 11) is 0. The lowest BCUT2D eigenvalue weighted by atomic mass is 10.3. The van der Waals surface area contributed by atoms with Crippen LogP contribution in [0.3, 0.4) is 0 Å². The van der Waals surface area contributed by atoms with Crippen molar-refractivity contribution in [1.29, 1.82) is 0 Å². The van der Waals surface area contributed by atoms with Gasteiger partial charge in [0.25, 0.3) is 0 Å². The van der Waals surface area contributed by atoms with Crippen molar-refractivity contribution < 1.29 is 13.6 Å². The summed E-state index contributed by atoms with van der Waals surface area (Å²) in [5, 5.41) is 2.65. The molecule has 0 bridgehead atoms. The van der Waals surface area contributed by atoms with Crippen LogP contribution in [0.2, 0.25) is 0 Å². The van der Waals surface area contributed by atoms with Crippen molar-refractivity contribution in [3.63, 3.8) is 0 Å². The Labute approximate surface area is 87.8 Å². The fourth-order valence-corrected chi connectivity index (χ4v) is 1.84. The highest BCUT2D eigenvalue weighted by molar-refractivity contribution is 7.99. The van der Waals surface area contributed by atoms with Crippen molar-refractivity contribution >= 4 is 17.7 Å². The van der Waals surface area contributed by atoms with Gasteiger partial charge in [-0.3, -0.25) is 4.79 Å². The summed E-state index contributed by atoms with van der Waals surface area (Å²) in [6.45, 7) is 3.39. The van der Waals surface area contributed by atoms with E-state index in [2.05, 4.69) is 5.32 Å². The summed E-state index contributed by atoms with van der Waals surface area (Å²) >= 11 is 1.39. The van der Waals surface area contributed by atoms with Crippen molar-refractivity contribution in [2.75, 3.05) is 18.1 Å². The van der Waals surface area contributed by atoms with E-state index in [0.717, 1.165) is 6.92 Å². The molecule has 0 aliphatic carbocycles. The van der Waals surface area contributed by atoms with Crippen LogP contribution in [0.15, 0.2) is 0 Å². The van der Waals surface area contributed by atoms with Gasteiger partial charge < -0.3 is 5.32 Å². The van der Waals surface area contributed by atoms with Gasteiger partial charge >= 0.3 is 0 Å². The van der Waals surface area contributed by atoms with E-state index in [4.69, 9.17) is 0 Å². The van der Waals surface area contributed by atoms with E-state index < -0.39 is 5.92 Å². The monoisotopic (exact) mass is 225 g/mol. The lowest BCUT2D eigenvalue weighted by Crippen LogP contribution is -2.22. The second-order valence-electron chi connectivity index (χ2n) is 3.14. The van der Waals surface area contributed by atoms with Gasteiger partial charge in [-0.2, -0.15) is 11.8 Å². The van der Waals surface area contributed by atoms with Crippen LogP contribution in [0.1, 0.15) is 26.7 Å². The molecular formula is C9H17F2NOS. The number of thioether (sulfide) groups is 1. The van der Waals surface area contributed by atoms with Gasteiger partial charge in [0.2, 0.25) is 11.8 Å². The maximum Gasteiger partial charge on any atom is 0.246 e. The van der Waals surface area contributed by atoms with Crippen molar-refractivity contribution in [2.45, 2.75) is 32.6 Å². The first kappa shape index (κ1) is 13.7. The predicted octanol–water partition coefficient (Wildman–Crippen LogP) is 2.29. The van der Waals surface area contributed by atoms with E-state index in [1.807, 2.05) is 6.92 Å². The molecule has 2 nitrogen and oxygen atoms in total. The molecule has 0 saturated heterocycles. The fraction of sp³-hybridized carbons (Fsp3) is 0.889. The normalized spacial score (nSPS) is 11.4. The third-order valence-electron chi connectivity index (χ3n) is 1.53. The second-order valence-corrected chi connectivity index (χ2v) is 4.36. The lowest BCUT2D eigenvalue weighted by molar-refractivity contribution is -0.120. The number of amides is 1. The molecule has 0 fully saturated rings. The molecule has 0 aliphatic heterocycles. The second kappa shape index (κ2) is 7.04. The molecule has 0 aromatic heterocycles. The van der Waals surface area contributed by atoms with Gasteiger partial charge in [-0.05, 0) is 19.6 Å². The van der Waals surface area contributed by atoms with Gasteiger partial charge in [0.1, 0.15) is 0 Å². The van der Waals surface area contributed by atoms with Crippen LogP contribution < -0.4 is 5.32 Å². The summed E-state index contributed by atoms with van der Waals surface area (Å²) in [5.41, 5.74) is 0. The summed E-state index contributed by atoms with van der Waals surface area (Å²) in [6.07, 6.45) is 0.293. The minimum absolute atomic E-state index is 0.0109. The van der Waals surface area contributed by atoms with Crippen LogP contribution in [-0.2, 0) is 4.79 Å². The maximum atomic E-state index is 12.3. The van der Waals surface area contributed by atoms with Gasteiger partial charge in [-0.15, -0.1) is 0 Å². The SMILES string of the molecule is CCNC(=O)CCSCCC(C)(F)F. The number of hydrogen-bond acceptors (Lipinski definition) is 2. The van der Waals surface area contributed by atoms with Crippen molar-refractivity contribution in [2.24, 2.45) is 0 Å². The molecule has 0 unspecified atom stereocenters. The first-order valence-electron chi connectivity index (χ1n) is 4.68. The van der Waals surface area contributed by atoms with Crippen LogP contribution in [0, 0.1) is 0 Å². The highest BCUT2D eigenvalue weighted by atomic mass is 32.2. The molecular weight excluding hydrogens is 208 g/mol. The van der Waals surface area contributed by atoms with Crippen LogP contribution in [0.5, 0.6) is 0 Å². The Morgan fingerprint density at radius 2 is 2.07 bits per heavy atom. The number of hydrogen-bond donors (Lipinski definition) is 1. The highest BCUT2D eigenvalue weighted by Gasteiger charge is 2.19. The molecule has 84 valence electrons. The zero-order valence-electron chi connectivity index (χ0n) is 8.61. The van der Waals surface area contributed by atoms with Gasteiger partial charge in [0.15, 0.2) is 0 Å². The van der Waals surface area contributed by atoms with E-state index in [0.29, 0.717) is 24.5 Å². The third-order valence-corrected chi connectivity index (χ3v) is 2.52. The maximum absolute atomic E-state index is 12.3. The molecule has 0 radical (unpaired) electrons. The molecule has 0 rings (SSSR count). The summed E-state index contributed by atoms with van der Waals surface area (Å²) in [4.78, 5) is 10.9. The molecule has 0 heterocycles. The van der Waals surface area contributed by atoms with Gasteiger partial charge in [-0.1, -0.05) is 0 Å². The van der Waals surface area contributed by atoms with Crippen molar-refractivity contribution in [1.82, 2.24) is 5.32 Å². The molecule has 0 aromatic rings. The van der Waals surface area contributed by atoms with E-state index >= 15 is 0 Å². The Hall–Kier alpha value is -0.320. The van der Waals surface area contributed by atoms with E-state index in [1.165, 1.54) is 11.8 Å². The third kappa shape index (κ3) is 9.77. The van der Waals surface area contributed by atoms with E-state index in [9.17, 15) is 13.6 Å². The molecule has 0 saturated carbocycles. The van der Waals surface area contributed by atoms with Crippen molar-refractivity contribution in [3.05, 3.63) is 0 Å². The highest BCUT2D eigenvalue weighted by Crippen LogP contribution is 2.19. The first-order chi connectivity index (χ1) is 6.45. The zero-order valence-corrected chi connectivity index (χ0v) is 9.42. The average molecular weight is 225 g/mol. The number of halogens is 2. The molecule has 1 N–H and O–H groups in total. The smallest absolute Gasteiger partial charge is 0.246 e. The Kier molecular flexibility index (Phi) is 6.87. The zero-order chi connectivity index (χ0) is 11.0. The standard InChI is InChI=1S/C9H17F2NOS/c1-3-12-8(13)4-6-14-7-5-9(2,10)11/h3-7H2,1-2H3,(H,12,13). The van der Waals surface area contributed by atoms with Crippen LogP contribution in [0.25, 0.3) is 0 Å². The number of alkyl halides is 2. The van der Waals surface area contributed by atoms with Crippen LogP contribution >= 0.6 is 11.8 Å². The van der Waals surface area contributed by atoms with E-state index in [-0.39, 0.29) is 12.3 Å². The summed E-state index contributed by atoms with van der Waals surface area (Å²) in [6, 6.07) is 0. The molecule has 0 aromatic carbocycles. The van der Waals surface area contributed by atoms with Crippen LogP contribution in [-0.4, -0.2) is 29.9 Å². The topological polar surface area (TPSA) is 29.1 Å².